The van der Waals surface area contributed by atoms with Crippen LogP contribution in [0.5, 0.6) is 0 Å². The highest BCUT2D eigenvalue weighted by atomic mass is 32.2. The Morgan fingerprint density at radius 1 is 0.850 bits per heavy atom. The first-order valence-electron chi connectivity index (χ1n) is 6.84. The smallest absolute Gasteiger partial charge is 0.104 e. The molecule has 0 saturated heterocycles. The minimum Gasteiger partial charge on any atom is -0.384 e. The van der Waals surface area contributed by atoms with E-state index >= 15 is 0 Å². The second kappa shape index (κ2) is 6.02. The van der Waals surface area contributed by atoms with Crippen LogP contribution in [-0.4, -0.2) is 11.4 Å². The van der Waals surface area contributed by atoms with E-state index in [1.807, 2.05) is 36.4 Å². The fourth-order valence-corrected chi connectivity index (χ4v) is 2.55. The van der Waals surface area contributed by atoms with Crippen molar-refractivity contribution in [1.82, 2.24) is 0 Å². The van der Waals surface area contributed by atoms with E-state index < -0.39 is 6.10 Å². The van der Waals surface area contributed by atoms with Crippen LogP contribution in [0.25, 0.3) is 0 Å². The molecule has 0 aliphatic rings. The molecule has 1 atom stereocenters. The Labute approximate surface area is 126 Å². The summed E-state index contributed by atoms with van der Waals surface area (Å²) in [5, 5.41) is 10.4. The Hall–Kier alpha value is -1.25. The Balaban J connectivity index is 2.22. The van der Waals surface area contributed by atoms with Crippen LogP contribution in [-0.2, 0) is 5.41 Å². The molecular formula is C18H22OS. The average molecular weight is 286 g/mol. The second-order valence-corrected chi connectivity index (χ2v) is 6.93. The van der Waals surface area contributed by atoms with E-state index in [1.54, 1.807) is 11.8 Å². The molecule has 2 heteroatoms. The molecule has 20 heavy (non-hydrogen) atoms. The zero-order valence-corrected chi connectivity index (χ0v) is 13.4. The molecule has 0 radical (unpaired) electrons. The van der Waals surface area contributed by atoms with E-state index in [9.17, 15) is 5.11 Å². The number of hydrogen-bond acceptors (Lipinski definition) is 2. The lowest BCUT2D eigenvalue weighted by Crippen LogP contribution is -2.11. The highest BCUT2D eigenvalue weighted by Gasteiger charge is 2.15. The van der Waals surface area contributed by atoms with E-state index in [2.05, 4.69) is 39.2 Å². The lowest BCUT2D eigenvalue weighted by Gasteiger charge is -2.20. The summed E-state index contributed by atoms with van der Waals surface area (Å²) in [6.07, 6.45) is 1.50. The van der Waals surface area contributed by atoms with Gasteiger partial charge in [0.15, 0.2) is 0 Å². The summed E-state index contributed by atoms with van der Waals surface area (Å²) < 4.78 is 0. The molecule has 0 fully saturated rings. The largest absolute Gasteiger partial charge is 0.384 e. The maximum Gasteiger partial charge on any atom is 0.104 e. The van der Waals surface area contributed by atoms with Gasteiger partial charge in [-0.2, -0.15) is 0 Å². The van der Waals surface area contributed by atoms with Crippen LogP contribution >= 0.6 is 11.8 Å². The van der Waals surface area contributed by atoms with Gasteiger partial charge in [-0.05, 0) is 40.5 Å². The molecular weight excluding hydrogens is 264 g/mol. The van der Waals surface area contributed by atoms with Crippen LogP contribution < -0.4 is 0 Å². The van der Waals surface area contributed by atoms with E-state index in [4.69, 9.17) is 0 Å². The average Bonchev–Trinajstić information content (AvgIpc) is 2.46. The molecule has 1 unspecified atom stereocenters. The summed E-state index contributed by atoms with van der Waals surface area (Å²) in [5.74, 6) is 0. The quantitative estimate of drug-likeness (QED) is 0.819. The molecule has 106 valence electrons. The number of thioether (sulfide) groups is 1. The topological polar surface area (TPSA) is 20.2 Å². The molecule has 2 aromatic carbocycles. The fourth-order valence-electron chi connectivity index (χ4n) is 2.14. The molecule has 0 aliphatic heterocycles. The Kier molecular flexibility index (Phi) is 4.56. The molecule has 0 bridgehead atoms. The third-order valence-electron chi connectivity index (χ3n) is 3.52. The van der Waals surface area contributed by atoms with Crippen LogP contribution in [0, 0.1) is 0 Å². The van der Waals surface area contributed by atoms with Crippen LogP contribution in [0.1, 0.15) is 43.6 Å². The first kappa shape index (κ1) is 15.1. The summed E-state index contributed by atoms with van der Waals surface area (Å²) in [7, 11) is 0. The summed E-state index contributed by atoms with van der Waals surface area (Å²) >= 11 is 1.71. The zero-order chi connectivity index (χ0) is 14.8. The summed E-state index contributed by atoms with van der Waals surface area (Å²) in [5.41, 5.74) is 3.30. The predicted molar refractivity (Wildman–Crippen MR) is 87.4 cm³/mol. The van der Waals surface area contributed by atoms with Gasteiger partial charge in [0, 0.05) is 4.90 Å². The normalized spacial score (nSPS) is 13.2. The second-order valence-electron chi connectivity index (χ2n) is 6.05. The number of benzene rings is 2. The van der Waals surface area contributed by atoms with Crippen LogP contribution in [0.4, 0.5) is 0 Å². The highest BCUT2D eigenvalue weighted by Crippen LogP contribution is 2.27. The van der Waals surface area contributed by atoms with Gasteiger partial charge in [-0.15, -0.1) is 11.8 Å². The van der Waals surface area contributed by atoms with Crippen LogP contribution in [0.15, 0.2) is 53.4 Å². The SMILES string of the molecule is CSc1ccc(C(O)c2ccc(C(C)(C)C)cc2)cc1. The molecule has 0 amide bonds. The first-order chi connectivity index (χ1) is 9.41. The molecule has 0 heterocycles. The molecule has 0 spiro atoms. The van der Waals surface area contributed by atoms with E-state index in [1.165, 1.54) is 10.5 Å². The van der Waals surface area contributed by atoms with Crippen LogP contribution in [0.3, 0.4) is 0 Å². The van der Waals surface area contributed by atoms with E-state index in [0.717, 1.165) is 11.1 Å². The minimum atomic E-state index is -0.556. The van der Waals surface area contributed by atoms with Crippen molar-refractivity contribution in [1.29, 1.82) is 0 Å². The molecule has 1 nitrogen and oxygen atoms in total. The van der Waals surface area contributed by atoms with Gasteiger partial charge < -0.3 is 5.11 Å². The number of hydrogen-bond donors (Lipinski definition) is 1. The lowest BCUT2D eigenvalue weighted by atomic mass is 9.86. The van der Waals surface area contributed by atoms with Crippen molar-refractivity contribution in [2.75, 3.05) is 6.26 Å². The summed E-state index contributed by atoms with van der Waals surface area (Å²) in [6.45, 7) is 6.58. The third kappa shape index (κ3) is 3.44. The monoisotopic (exact) mass is 286 g/mol. The summed E-state index contributed by atoms with van der Waals surface area (Å²) in [4.78, 5) is 1.21. The summed E-state index contributed by atoms with van der Waals surface area (Å²) in [6, 6.07) is 16.3. The number of aliphatic hydroxyl groups excluding tert-OH is 1. The maximum atomic E-state index is 10.4. The molecule has 2 rings (SSSR count). The van der Waals surface area contributed by atoms with Crippen molar-refractivity contribution in [3.63, 3.8) is 0 Å². The van der Waals surface area contributed by atoms with Crippen molar-refractivity contribution in [2.45, 2.75) is 37.2 Å². The molecule has 0 aliphatic carbocycles. The number of aliphatic hydroxyl groups is 1. The van der Waals surface area contributed by atoms with Gasteiger partial charge in [-0.3, -0.25) is 0 Å². The van der Waals surface area contributed by atoms with Gasteiger partial charge in [-0.1, -0.05) is 57.2 Å². The first-order valence-corrected chi connectivity index (χ1v) is 8.07. The fraction of sp³-hybridized carbons (Fsp3) is 0.333. The van der Waals surface area contributed by atoms with Crippen molar-refractivity contribution in [3.8, 4) is 0 Å². The molecule has 0 saturated carbocycles. The third-order valence-corrected chi connectivity index (χ3v) is 4.27. The van der Waals surface area contributed by atoms with Gasteiger partial charge in [0.25, 0.3) is 0 Å². The lowest BCUT2D eigenvalue weighted by molar-refractivity contribution is 0.220. The predicted octanol–water partition coefficient (Wildman–Crippen LogP) is 4.79. The van der Waals surface area contributed by atoms with Gasteiger partial charge in [0.05, 0.1) is 0 Å². The Bertz CT molecular complexity index is 549. The Morgan fingerprint density at radius 3 is 1.70 bits per heavy atom. The Morgan fingerprint density at radius 2 is 1.30 bits per heavy atom. The van der Waals surface area contributed by atoms with Crippen molar-refractivity contribution in [3.05, 3.63) is 65.2 Å². The van der Waals surface area contributed by atoms with E-state index in [0.29, 0.717) is 0 Å². The van der Waals surface area contributed by atoms with Gasteiger partial charge >= 0.3 is 0 Å². The van der Waals surface area contributed by atoms with Gasteiger partial charge in [-0.25, -0.2) is 0 Å². The van der Waals surface area contributed by atoms with E-state index in [-0.39, 0.29) is 5.41 Å². The van der Waals surface area contributed by atoms with Crippen molar-refractivity contribution >= 4 is 11.8 Å². The molecule has 1 N–H and O–H groups in total. The van der Waals surface area contributed by atoms with Gasteiger partial charge in [0.2, 0.25) is 0 Å². The minimum absolute atomic E-state index is 0.142. The molecule has 2 aromatic rings. The van der Waals surface area contributed by atoms with Crippen LogP contribution in [0.2, 0.25) is 0 Å². The van der Waals surface area contributed by atoms with Crippen molar-refractivity contribution < 1.29 is 5.11 Å². The standard InChI is InChI=1S/C18H22OS/c1-18(2,3)15-9-5-13(6-10-15)17(19)14-7-11-16(20-4)12-8-14/h5-12,17,19H,1-4H3. The van der Waals surface area contributed by atoms with Crippen molar-refractivity contribution in [2.24, 2.45) is 0 Å². The highest BCUT2D eigenvalue weighted by molar-refractivity contribution is 7.98. The molecule has 0 aromatic heterocycles. The maximum absolute atomic E-state index is 10.4. The van der Waals surface area contributed by atoms with Gasteiger partial charge in [0.1, 0.15) is 6.10 Å². The zero-order valence-electron chi connectivity index (χ0n) is 12.6. The number of rotatable bonds is 3.